The third kappa shape index (κ3) is 5.32. The Hall–Kier alpha value is -4.37. The Morgan fingerprint density at radius 1 is 1.26 bits per heavy atom. The number of carbonyl (C=O) groups is 1. The van der Waals surface area contributed by atoms with Crippen LogP contribution in [0.15, 0.2) is 18.3 Å². The first-order chi connectivity index (χ1) is 20.2. The van der Waals surface area contributed by atoms with Crippen LogP contribution in [0.25, 0.3) is 5.65 Å². The summed E-state index contributed by atoms with van der Waals surface area (Å²) in [6.07, 6.45) is 3.05. The van der Waals surface area contributed by atoms with Crippen LogP contribution in [-0.4, -0.2) is 92.7 Å². The molecule has 42 heavy (non-hydrogen) atoms. The Bertz CT molecular complexity index is 1620. The number of ether oxygens (including phenoxy) is 1. The van der Waals surface area contributed by atoms with E-state index in [0.29, 0.717) is 66.1 Å². The molecule has 1 saturated carbocycles. The molecule has 2 atom stereocenters. The molecule has 1 amide bonds. The molecule has 6 rings (SSSR count). The summed E-state index contributed by atoms with van der Waals surface area (Å²) in [6.45, 7) is 4.13. The van der Waals surface area contributed by atoms with Crippen LogP contribution in [0.1, 0.15) is 37.4 Å². The number of imidazole rings is 1. The van der Waals surface area contributed by atoms with E-state index in [4.69, 9.17) is 16.3 Å². The monoisotopic (exact) mass is 591 g/mol. The zero-order chi connectivity index (χ0) is 29.6. The minimum absolute atomic E-state index is 0.183. The van der Waals surface area contributed by atoms with Gasteiger partial charge in [0.2, 0.25) is 5.95 Å². The van der Waals surface area contributed by atoms with Crippen LogP contribution in [0.4, 0.5) is 27.9 Å². The molecule has 3 aromatic rings. The Balaban J connectivity index is 1.32. The fourth-order valence-electron chi connectivity index (χ4n) is 5.49. The molecule has 15 heteroatoms. The van der Waals surface area contributed by atoms with E-state index < -0.39 is 6.09 Å². The van der Waals surface area contributed by atoms with Crippen molar-refractivity contribution < 1.29 is 14.6 Å². The Morgan fingerprint density at radius 3 is 2.69 bits per heavy atom. The molecular formula is C27H30ClN11O3. The van der Waals surface area contributed by atoms with Gasteiger partial charge in [-0.25, -0.2) is 9.78 Å². The number of benzene rings is 1. The lowest BCUT2D eigenvalue weighted by Crippen LogP contribution is -2.69. The average Bonchev–Trinajstić information content (AvgIpc) is 3.68. The van der Waals surface area contributed by atoms with Gasteiger partial charge in [0.15, 0.2) is 17.2 Å². The van der Waals surface area contributed by atoms with E-state index in [9.17, 15) is 20.4 Å². The van der Waals surface area contributed by atoms with Crippen LogP contribution < -0.4 is 20.9 Å². The van der Waals surface area contributed by atoms with Crippen molar-refractivity contribution in [2.75, 3.05) is 48.9 Å². The molecule has 4 heterocycles. The molecule has 0 bridgehead atoms. The third-order valence-corrected chi connectivity index (χ3v) is 8.31. The minimum atomic E-state index is -0.990. The van der Waals surface area contributed by atoms with E-state index >= 15 is 0 Å². The van der Waals surface area contributed by atoms with Crippen LogP contribution in [0, 0.1) is 22.7 Å². The van der Waals surface area contributed by atoms with Crippen LogP contribution >= 0.6 is 11.6 Å². The number of amides is 1. The van der Waals surface area contributed by atoms with Crippen LogP contribution in [0.2, 0.25) is 5.02 Å². The van der Waals surface area contributed by atoms with Crippen molar-refractivity contribution in [3.8, 4) is 12.1 Å². The summed E-state index contributed by atoms with van der Waals surface area (Å²) < 4.78 is 6.84. The van der Waals surface area contributed by atoms with Gasteiger partial charge in [0.25, 0.3) is 0 Å². The first-order valence-corrected chi connectivity index (χ1v) is 14.0. The molecule has 1 aromatic carbocycles. The Labute approximate surface area is 246 Å². The van der Waals surface area contributed by atoms with E-state index in [1.165, 1.54) is 15.6 Å². The number of fused-ring (bicyclic) bond motifs is 1. The van der Waals surface area contributed by atoms with Gasteiger partial charge in [-0.3, -0.25) is 0 Å². The molecule has 3 aliphatic rings. The number of hydrogen-bond acceptors (Lipinski definition) is 11. The molecule has 218 valence electrons. The van der Waals surface area contributed by atoms with Gasteiger partial charge in [0, 0.05) is 32.2 Å². The summed E-state index contributed by atoms with van der Waals surface area (Å²) >= 11 is 6.98. The zero-order valence-corrected chi connectivity index (χ0v) is 23.9. The molecule has 14 nitrogen and oxygen atoms in total. The van der Waals surface area contributed by atoms with Gasteiger partial charge in [-0.2, -0.15) is 20.0 Å². The van der Waals surface area contributed by atoms with Crippen molar-refractivity contribution in [2.45, 2.75) is 49.9 Å². The summed E-state index contributed by atoms with van der Waals surface area (Å²) in [5.41, 5.74) is 1.88. The predicted molar refractivity (Wildman–Crippen MR) is 154 cm³/mol. The molecule has 4 N–H and O–H groups in total. The van der Waals surface area contributed by atoms with Gasteiger partial charge in [-0.15, -0.1) is 5.10 Å². The zero-order valence-electron chi connectivity index (χ0n) is 23.1. The number of carboxylic acid groups (broad SMARTS) is 1. The quantitative estimate of drug-likeness (QED) is 0.301. The number of halogens is 1. The number of hydrogen-bond donors (Lipinski definition) is 4. The number of anilines is 4. The van der Waals surface area contributed by atoms with Crippen molar-refractivity contribution in [3.63, 3.8) is 0 Å². The van der Waals surface area contributed by atoms with E-state index in [1.807, 2.05) is 0 Å². The maximum absolute atomic E-state index is 11.8. The summed E-state index contributed by atoms with van der Waals surface area (Å²) in [5.74, 6) is 0.679. The topological polar surface area (TPSA) is 180 Å². The molecule has 0 unspecified atom stereocenters. The number of nitrogens with zero attached hydrogens (tertiary/aromatic N) is 8. The standard InChI is InChI=1S/C27H30ClN11O3/c1-27(13-42-14-27)35-19-12-38(6-5-20(19)37(2)26(40)41)21-8-15(9-29)7-18(22(21)28)33-25-34-23(32-16-3-4-16)24-31-11-17(10-30)39(24)36-25/h7-8,11,16,19-20,35H,3-6,12-14H2,1-2H3,(H,40,41)(H2,32,33,34,36)/t19-,20+/m1/s1. The second-order valence-electron chi connectivity index (χ2n) is 11.3. The second kappa shape index (κ2) is 10.8. The van der Waals surface area contributed by atoms with Gasteiger partial charge >= 0.3 is 6.09 Å². The maximum atomic E-state index is 11.8. The minimum Gasteiger partial charge on any atom is -0.465 e. The van der Waals surface area contributed by atoms with Gasteiger partial charge in [-0.05, 0) is 38.3 Å². The van der Waals surface area contributed by atoms with E-state index in [-0.39, 0.29) is 35.3 Å². The van der Waals surface area contributed by atoms with Crippen molar-refractivity contribution in [2.24, 2.45) is 0 Å². The lowest BCUT2D eigenvalue weighted by molar-refractivity contribution is -0.0736. The maximum Gasteiger partial charge on any atom is 0.407 e. The van der Waals surface area contributed by atoms with Crippen LogP contribution in [0.5, 0.6) is 0 Å². The molecular weight excluding hydrogens is 562 g/mol. The fourth-order valence-corrected chi connectivity index (χ4v) is 5.76. The molecule has 3 fully saturated rings. The highest BCUT2D eigenvalue weighted by atomic mass is 35.5. The van der Waals surface area contributed by atoms with E-state index in [1.54, 1.807) is 19.2 Å². The van der Waals surface area contributed by atoms with E-state index in [2.05, 4.69) is 55.0 Å². The molecule has 2 saturated heterocycles. The average molecular weight is 592 g/mol. The molecule has 1 aliphatic carbocycles. The highest BCUT2D eigenvalue weighted by molar-refractivity contribution is 6.36. The summed E-state index contributed by atoms with van der Waals surface area (Å²) in [7, 11) is 1.59. The summed E-state index contributed by atoms with van der Waals surface area (Å²) in [5, 5.41) is 44.1. The van der Waals surface area contributed by atoms with Gasteiger partial charge < -0.3 is 35.6 Å². The summed E-state index contributed by atoms with van der Waals surface area (Å²) in [6, 6.07) is 7.47. The number of nitriles is 2. The first-order valence-electron chi connectivity index (χ1n) is 13.7. The smallest absolute Gasteiger partial charge is 0.407 e. The van der Waals surface area contributed by atoms with Crippen molar-refractivity contribution >= 4 is 46.5 Å². The highest BCUT2D eigenvalue weighted by Gasteiger charge is 2.42. The van der Waals surface area contributed by atoms with Gasteiger partial charge in [0.1, 0.15) is 6.07 Å². The number of rotatable bonds is 8. The van der Waals surface area contributed by atoms with Crippen molar-refractivity contribution in [3.05, 3.63) is 34.6 Å². The van der Waals surface area contributed by atoms with Gasteiger partial charge in [-0.1, -0.05) is 11.6 Å². The van der Waals surface area contributed by atoms with E-state index in [0.717, 1.165) is 12.8 Å². The molecule has 2 aliphatic heterocycles. The lowest BCUT2D eigenvalue weighted by Gasteiger charge is -2.49. The molecule has 0 spiro atoms. The largest absolute Gasteiger partial charge is 0.465 e. The Kier molecular flexibility index (Phi) is 7.14. The highest BCUT2D eigenvalue weighted by Crippen LogP contribution is 2.38. The Morgan fingerprint density at radius 2 is 2.05 bits per heavy atom. The lowest BCUT2D eigenvalue weighted by atomic mass is 9.92. The first kappa shape index (κ1) is 27.8. The van der Waals surface area contributed by atoms with Crippen molar-refractivity contribution in [1.29, 1.82) is 10.5 Å². The number of aromatic nitrogens is 4. The van der Waals surface area contributed by atoms with Crippen LogP contribution in [-0.2, 0) is 4.74 Å². The van der Waals surface area contributed by atoms with Crippen LogP contribution in [0.3, 0.4) is 0 Å². The second-order valence-corrected chi connectivity index (χ2v) is 11.7. The number of likely N-dealkylation sites (N-methyl/N-ethyl adjacent to an activating group) is 1. The van der Waals surface area contributed by atoms with Crippen molar-refractivity contribution in [1.82, 2.24) is 29.8 Å². The predicted octanol–water partition coefficient (Wildman–Crippen LogP) is 2.77. The fraction of sp³-hybridized carbons (Fsp3) is 0.481. The normalized spacial score (nSPS) is 21.2. The van der Waals surface area contributed by atoms with Gasteiger partial charge in [0.05, 0.1) is 59.0 Å². The third-order valence-electron chi connectivity index (χ3n) is 7.92. The SMILES string of the molecule is CN(C(=O)O)[C@H]1CCN(c2cc(C#N)cc(Nc3nc(NC4CC4)c4ncc(C#N)n4n3)c2Cl)C[C@H]1NC1(C)COC1. The summed E-state index contributed by atoms with van der Waals surface area (Å²) in [4.78, 5) is 24.2. The molecule has 0 radical (unpaired) electrons. The number of nitrogens with one attached hydrogen (secondary N) is 3. The molecule has 2 aromatic heterocycles. The number of piperidine rings is 1.